The number of hydrogen-bond acceptors (Lipinski definition) is 3. The van der Waals surface area contributed by atoms with Gasteiger partial charge in [-0.3, -0.25) is 14.4 Å². The normalized spacial score (nSPS) is 19.3. The molecule has 1 heterocycles. The van der Waals surface area contributed by atoms with Crippen LogP contribution in [0.15, 0.2) is 0 Å². The van der Waals surface area contributed by atoms with Crippen LogP contribution in [0, 0.1) is 0 Å². The molecule has 0 aromatic carbocycles. The molecule has 1 aliphatic rings. The van der Waals surface area contributed by atoms with Gasteiger partial charge in [0, 0.05) is 13.1 Å². The molecule has 1 saturated heterocycles. The first-order valence-electron chi connectivity index (χ1n) is 4.67. The number of carboxylic acids is 1. The lowest BCUT2D eigenvalue weighted by Crippen LogP contribution is -2.55. The molecule has 0 aromatic heterocycles. The third kappa shape index (κ3) is 2.68. The molecule has 0 spiro atoms. The summed E-state index contributed by atoms with van der Waals surface area (Å²) in [7, 11) is 1.55. The van der Waals surface area contributed by atoms with Gasteiger partial charge in [-0.25, -0.2) is 0 Å². The van der Waals surface area contributed by atoms with Crippen LogP contribution in [0.1, 0.15) is 13.3 Å². The molecule has 1 aliphatic heterocycles. The summed E-state index contributed by atoms with van der Waals surface area (Å²) in [6.45, 7) is 1.64. The number of carboxylic acid groups (broad SMARTS) is 1. The summed E-state index contributed by atoms with van der Waals surface area (Å²) >= 11 is 0. The van der Waals surface area contributed by atoms with Gasteiger partial charge in [-0.05, 0) is 6.92 Å². The van der Waals surface area contributed by atoms with Crippen molar-refractivity contribution in [1.82, 2.24) is 9.80 Å². The quantitative estimate of drug-likeness (QED) is 0.663. The van der Waals surface area contributed by atoms with Crippen molar-refractivity contribution in [3.05, 3.63) is 0 Å². The van der Waals surface area contributed by atoms with E-state index >= 15 is 0 Å². The zero-order valence-corrected chi connectivity index (χ0v) is 8.77. The number of carbonyl (C=O) groups is 3. The monoisotopic (exact) mass is 214 g/mol. The smallest absolute Gasteiger partial charge is 0.305 e. The molecule has 15 heavy (non-hydrogen) atoms. The third-order valence-electron chi connectivity index (χ3n) is 2.43. The molecule has 0 bridgehead atoms. The predicted molar refractivity (Wildman–Crippen MR) is 51.1 cm³/mol. The van der Waals surface area contributed by atoms with E-state index in [2.05, 4.69) is 0 Å². The van der Waals surface area contributed by atoms with Gasteiger partial charge >= 0.3 is 5.97 Å². The van der Waals surface area contributed by atoms with Crippen molar-refractivity contribution in [3.8, 4) is 0 Å². The van der Waals surface area contributed by atoms with Crippen LogP contribution in [0.25, 0.3) is 0 Å². The summed E-state index contributed by atoms with van der Waals surface area (Å²) in [6, 6.07) is -0.437. The van der Waals surface area contributed by atoms with E-state index < -0.39 is 12.0 Å². The van der Waals surface area contributed by atoms with Crippen LogP contribution in [0.3, 0.4) is 0 Å². The van der Waals surface area contributed by atoms with E-state index in [1.54, 1.807) is 14.0 Å². The fraction of sp³-hybridized carbons (Fsp3) is 0.667. The molecule has 0 aromatic rings. The van der Waals surface area contributed by atoms with Crippen LogP contribution in [0.2, 0.25) is 0 Å². The van der Waals surface area contributed by atoms with Crippen LogP contribution < -0.4 is 0 Å². The standard InChI is InChI=1S/C9H14N2O4/c1-6(3-9(14)15)11-5-7(12)10(2)4-8(11)13/h6H,3-5H2,1-2H3,(H,14,15). The Kier molecular flexibility index (Phi) is 3.28. The molecule has 1 fully saturated rings. The molecular weight excluding hydrogens is 200 g/mol. The Morgan fingerprint density at radius 2 is 2.00 bits per heavy atom. The highest BCUT2D eigenvalue weighted by Gasteiger charge is 2.31. The highest BCUT2D eigenvalue weighted by atomic mass is 16.4. The Morgan fingerprint density at radius 3 is 2.53 bits per heavy atom. The van der Waals surface area contributed by atoms with E-state index in [1.807, 2.05) is 0 Å². The summed E-state index contributed by atoms with van der Waals surface area (Å²) in [6.07, 6.45) is -0.136. The lowest BCUT2D eigenvalue weighted by atomic mass is 10.1. The average Bonchev–Trinajstić information content (AvgIpc) is 2.09. The van der Waals surface area contributed by atoms with Gasteiger partial charge in [-0.15, -0.1) is 0 Å². The molecule has 1 N–H and O–H groups in total. The van der Waals surface area contributed by atoms with Crippen molar-refractivity contribution < 1.29 is 19.5 Å². The first kappa shape index (κ1) is 11.5. The Bertz CT molecular complexity index is 302. The number of likely N-dealkylation sites (N-methyl/N-ethyl adjacent to an activating group) is 1. The summed E-state index contributed by atoms with van der Waals surface area (Å²) < 4.78 is 0. The second-order valence-corrected chi connectivity index (χ2v) is 3.72. The Hall–Kier alpha value is -1.59. The second kappa shape index (κ2) is 4.29. The average molecular weight is 214 g/mol. The highest BCUT2D eigenvalue weighted by Crippen LogP contribution is 2.10. The van der Waals surface area contributed by atoms with Gasteiger partial charge in [0.05, 0.1) is 13.0 Å². The van der Waals surface area contributed by atoms with E-state index in [-0.39, 0.29) is 31.3 Å². The topological polar surface area (TPSA) is 77.9 Å². The van der Waals surface area contributed by atoms with Crippen LogP contribution >= 0.6 is 0 Å². The molecular formula is C9H14N2O4. The molecule has 6 heteroatoms. The van der Waals surface area contributed by atoms with Gasteiger partial charge in [-0.1, -0.05) is 0 Å². The number of carbonyl (C=O) groups excluding carboxylic acids is 2. The van der Waals surface area contributed by atoms with E-state index in [1.165, 1.54) is 9.80 Å². The zero-order chi connectivity index (χ0) is 11.6. The SMILES string of the molecule is CC(CC(=O)O)N1CC(=O)N(C)CC1=O. The Labute approximate surface area is 87.5 Å². The van der Waals surface area contributed by atoms with Gasteiger partial charge in [0.25, 0.3) is 0 Å². The maximum Gasteiger partial charge on any atom is 0.305 e. The molecule has 1 unspecified atom stereocenters. The molecule has 2 amide bonds. The molecule has 6 nitrogen and oxygen atoms in total. The summed E-state index contributed by atoms with van der Waals surface area (Å²) in [5.41, 5.74) is 0. The van der Waals surface area contributed by atoms with Crippen LogP contribution in [-0.2, 0) is 14.4 Å². The number of aliphatic carboxylic acids is 1. The minimum absolute atomic E-state index is 0.0240. The summed E-state index contributed by atoms with van der Waals surface area (Å²) in [5.74, 6) is -1.33. The Balaban J connectivity index is 2.65. The van der Waals surface area contributed by atoms with E-state index in [0.717, 1.165) is 0 Å². The zero-order valence-electron chi connectivity index (χ0n) is 8.77. The fourth-order valence-corrected chi connectivity index (χ4v) is 1.50. The predicted octanol–water partition coefficient (Wildman–Crippen LogP) is -0.850. The fourth-order valence-electron chi connectivity index (χ4n) is 1.50. The number of nitrogens with zero attached hydrogens (tertiary/aromatic N) is 2. The molecule has 0 radical (unpaired) electrons. The van der Waals surface area contributed by atoms with Crippen molar-refractivity contribution in [1.29, 1.82) is 0 Å². The maximum atomic E-state index is 11.5. The minimum Gasteiger partial charge on any atom is -0.481 e. The molecule has 1 rings (SSSR count). The van der Waals surface area contributed by atoms with Crippen LogP contribution in [0.4, 0.5) is 0 Å². The van der Waals surface area contributed by atoms with Crippen molar-refractivity contribution in [3.63, 3.8) is 0 Å². The largest absolute Gasteiger partial charge is 0.481 e. The Morgan fingerprint density at radius 1 is 1.40 bits per heavy atom. The van der Waals surface area contributed by atoms with Gasteiger partial charge in [0.1, 0.15) is 6.54 Å². The van der Waals surface area contributed by atoms with E-state index in [0.29, 0.717) is 0 Å². The first-order chi connectivity index (χ1) is 6.91. The number of rotatable bonds is 3. The van der Waals surface area contributed by atoms with Gasteiger partial charge in [0.15, 0.2) is 0 Å². The van der Waals surface area contributed by atoms with Crippen molar-refractivity contribution in [2.24, 2.45) is 0 Å². The lowest BCUT2D eigenvalue weighted by molar-refractivity contribution is -0.152. The van der Waals surface area contributed by atoms with Crippen LogP contribution in [-0.4, -0.2) is 58.9 Å². The van der Waals surface area contributed by atoms with Crippen molar-refractivity contribution >= 4 is 17.8 Å². The molecule has 1 atom stereocenters. The van der Waals surface area contributed by atoms with Crippen molar-refractivity contribution in [2.45, 2.75) is 19.4 Å². The highest BCUT2D eigenvalue weighted by molar-refractivity contribution is 5.92. The van der Waals surface area contributed by atoms with E-state index in [4.69, 9.17) is 5.11 Å². The second-order valence-electron chi connectivity index (χ2n) is 3.72. The van der Waals surface area contributed by atoms with Gasteiger partial charge in [0.2, 0.25) is 11.8 Å². The minimum atomic E-state index is -0.971. The summed E-state index contributed by atoms with van der Waals surface area (Å²) in [5, 5.41) is 8.59. The summed E-state index contributed by atoms with van der Waals surface area (Å²) in [4.78, 5) is 36.0. The molecule has 0 aliphatic carbocycles. The van der Waals surface area contributed by atoms with Crippen molar-refractivity contribution in [2.75, 3.05) is 20.1 Å². The van der Waals surface area contributed by atoms with E-state index in [9.17, 15) is 14.4 Å². The number of amides is 2. The first-order valence-corrected chi connectivity index (χ1v) is 4.67. The maximum absolute atomic E-state index is 11.5. The lowest BCUT2D eigenvalue weighted by Gasteiger charge is -2.35. The van der Waals surface area contributed by atoms with Gasteiger partial charge in [-0.2, -0.15) is 0 Å². The third-order valence-corrected chi connectivity index (χ3v) is 2.43. The van der Waals surface area contributed by atoms with Crippen LogP contribution in [0.5, 0.6) is 0 Å². The number of hydrogen-bond donors (Lipinski definition) is 1. The molecule has 0 saturated carbocycles. The number of piperazine rings is 1. The molecule has 84 valence electrons. The van der Waals surface area contributed by atoms with Gasteiger partial charge < -0.3 is 14.9 Å².